The van der Waals surface area contributed by atoms with Crippen molar-refractivity contribution in [2.24, 2.45) is 5.92 Å². The van der Waals surface area contributed by atoms with Gasteiger partial charge in [-0.05, 0) is 67.7 Å². The van der Waals surface area contributed by atoms with Gasteiger partial charge in [0.05, 0.1) is 21.8 Å². The molecule has 1 aromatic heterocycles. The molecule has 1 aliphatic carbocycles. The van der Waals surface area contributed by atoms with E-state index in [2.05, 4.69) is 43.8 Å². The number of nitrogens with one attached hydrogen (secondary N) is 1. The number of aromatic nitrogens is 2. The third kappa shape index (κ3) is 5.85. The molecule has 176 valence electrons. The van der Waals surface area contributed by atoms with Gasteiger partial charge in [-0.1, -0.05) is 39.3 Å². The van der Waals surface area contributed by atoms with Gasteiger partial charge in [-0.3, -0.25) is 9.48 Å². The molecule has 3 rings (SSSR count). The van der Waals surface area contributed by atoms with Gasteiger partial charge in [-0.25, -0.2) is 0 Å². The molecule has 0 aliphatic heterocycles. The summed E-state index contributed by atoms with van der Waals surface area (Å²) in [4.78, 5) is 12.6. The zero-order valence-electron chi connectivity index (χ0n) is 19.0. The highest BCUT2D eigenvalue weighted by Crippen LogP contribution is 2.32. The Balaban J connectivity index is 1.60. The minimum absolute atomic E-state index is 0.0186. The summed E-state index contributed by atoms with van der Waals surface area (Å²) in [5.74, 6) is 0.670. The van der Waals surface area contributed by atoms with E-state index in [1.165, 1.54) is 5.69 Å². The highest BCUT2D eigenvalue weighted by molar-refractivity contribution is 6.33. The van der Waals surface area contributed by atoms with Gasteiger partial charge in [0.25, 0.3) is 5.91 Å². The molecule has 1 amide bonds. The number of hydrogen-bond donors (Lipinski definition) is 1. The lowest BCUT2D eigenvalue weighted by Gasteiger charge is -2.29. The molecule has 32 heavy (non-hydrogen) atoms. The molecule has 1 heterocycles. The zero-order valence-corrected chi connectivity index (χ0v) is 19.7. The van der Waals surface area contributed by atoms with Crippen LogP contribution in [0.2, 0.25) is 5.02 Å². The number of benzene rings is 1. The predicted molar refractivity (Wildman–Crippen MR) is 120 cm³/mol. The largest absolute Gasteiger partial charge is 0.416 e. The first-order valence-electron chi connectivity index (χ1n) is 11.2. The molecule has 1 saturated carbocycles. The second-order valence-corrected chi connectivity index (χ2v) is 9.78. The molecule has 0 radical (unpaired) electrons. The molecular formula is C24H31ClF3N3O. The molecule has 0 atom stereocenters. The lowest BCUT2D eigenvalue weighted by molar-refractivity contribution is -0.137. The van der Waals surface area contributed by atoms with E-state index in [4.69, 9.17) is 16.7 Å². The summed E-state index contributed by atoms with van der Waals surface area (Å²) in [5.41, 5.74) is 1.33. The first kappa shape index (κ1) is 24.6. The standard InChI is InChI=1S/C24H31ClF3N3O/c1-14(2)21-12-22(15(3)4)31(30-21)13-16-5-8-18(9-6-16)29-23(32)19-11-17(24(26,27)28)7-10-20(19)25/h7,10-12,14-16,18H,5-6,8-9,13H2,1-4H3,(H,29,32). The van der Waals surface area contributed by atoms with Crippen molar-refractivity contribution in [2.45, 2.75) is 84.0 Å². The van der Waals surface area contributed by atoms with Crippen LogP contribution in [0.15, 0.2) is 24.3 Å². The van der Waals surface area contributed by atoms with Crippen LogP contribution in [-0.2, 0) is 12.7 Å². The van der Waals surface area contributed by atoms with E-state index in [9.17, 15) is 18.0 Å². The Morgan fingerprint density at radius 1 is 1.12 bits per heavy atom. The average molecular weight is 470 g/mol. The summed E-state index contributed by atoms with van der Waals surface area (Å²) >= 11 is 6.00. The molecule has 0 unspecified atom stereocenters. The summed E-state index contributed by atoms with van der Waals surface area (Å²) in [6.07, 6.45) is -1.11. The van der Waals surface area contributed by atoms with E-state index in [0.717, 1.165) is 56.1 Å². The van der Waals surface area contributed by atoms with Gasteiger partial charge in [-0.2, -0.15) is 18.3 Å². The molecular weight excluding hydrogens is 439 g/mol. The predicted octanol–water partition coefficient (Wildman–Crippen LogP) is 6.79. The van der Waals surface area contributed by atoms with Gasteiger partial charge in [0.2, 0.25) is 0 Å². The molecule has 1 aliphatic rings. The molecule has 0 saturated heterocycles. The number of halogens is 4. The number of hydrogen-bond acceptors (Lipinski definition) is 2. The number of alkyl halides is 3. The highest BCUT2D eigenvalue weighted by atomic mass is 35.5. The van der Waals surface area contributed by atoms with E-state index >= 15 is 0 Å². The van der Waals surface area contributed by atoms with Crippen molar-refractivity contribution in [1.29, 1.82) is 0 Å². The van der Waals surface area contributed by atoms with Gasteiger partial charge in [-0.15, -0.1) is 0 Å². The Bertz CT molecular complexity index is 944. The Hall–Kier alpha value is -2.02. The summed E-state index contributed by atoms with van der Waals surface area (Å²) in [5, 5.41) is 7.70. The van der Waals surface area contributed by atoms with Crippen molar-refractivity contribution < 1.29 is 18.0 Å². The Labute approximate surface area is 192 Å². The van der Waals surface area contributed by atoms with Crippen LogP contribution in [0.5, 0.6) is 0 Å². The minimum Gasteiger partial charge on any atom is -0.349 e. The van der Waals surface area contributed by atoms with Crippen molar-refractivity contribution in [3.8, 4) is 0 Å². The minimum atomic E-state index is -4.52. The maximum atomic E-state index is 13.0. The molecule has 1 aromatic carbocycles. The fraction of sp³-hybridized carbons (Fsp3) is 0.583. The van der Waals surface area contributed by atoms with Crippen molar-refractivity contribution in [3.05, 3.63) is 51.8 Å². The Morgan fingerprint density at radius 3 is 2.34 bits per heavy atom. The zero-order chi connectivity index (χ0) is 23.6. The third-order valence-electron chi connectivity index (χ3n) is 6.16. The van der Waals surface area contributed by atoms with Crippen LogP contribution < -0.4 is 5.32 Å². The second-order valence-electron chi connectivity index (χ2n) is 9.37. The van der Waals surface area contributed by atoms with Gasteiger partial charge in [0.1, 0.15) is 0 Å². The lowest BCUT2D eigenvalue weighted by atomic mass is 9.85. The monoisotopic (exact) mass is 469 g/mol. The average Bonchev–Trinajstić information content (AvgIpc) is 3.13. The van der Waals surface area contributed by atoms with E-state index < -0.39 is 17.6 Å². The van der Waals surface area contributed by atoms with Crippen molar-refractivity contribution in [1.82, 2.24) is 15.1 Å². The molecule has 0 spiro atoms. The normalized spacial score (nSPS) is 19.6. The molecule has 1 N–H and O–H groups in total. The van der Waals surface area contributed by atoms with Crippen LogP contribution in [0.3, 0.4) is 0 Å². The van der Waals surface area contributed by atoms with Crippen LogP contribution in [-0.4, -0.2) is 21.7 Å². The van der Waals surface area contributed by atoms with E-state index in [-0.39, 0.29) is 16.6 Å². The van der Waals surface area contributed by atoms with Crippen molar-refractivity contribution in [2.75, 3.05) is 0 Å². The van der Waals surface area contributed by atoms with Crippen molar-refractivity contribution in [3.63, 3.8) is 0 Å². The van der Waals surface area contributed by atoms with E-state index in [1.54, 1.807) is 0 Å². The molecule has 8 heteroatoms. The number of rotatable bonds is 6. The Morgan fingerprint density at radius 2 is 1.78 bits per heavy atom. The van der Waals surface area contributed by atoms with Crippen LogP contribution in [0.4, 0.5) is 13.2 Å². The maximum absolute atomic E-state index is 13.0. The number of carbonyl (C=O) groups is 1. The fourth-order valence-corrected chi connectivity index (χ4v) is 4.42. The second kappa shape index (κ2) is 9.86. The fourth-order valence-electron chi connectivity index (χ4n) is 4.22. The molecule has 1 fully saturated rings. The van der Waals surface area contributed by atoms with Crippen LogP contribution >= 0.6 is 11.6 Å². The molecule has 0 bridgehead atoms. The van der Waals surface area contributed by atoms with Gasteiger partial charge < -0.3 is 5.32 Å². The summed E-state index contributed by atoms with van der Waals surface area (Å²) in [7, 11) is 0. The van der Waals surface area contributed by atoms with Gasteiger partial charge >= 0.3 is 6.18 Å². The van der Waals surface area contributed by atoms with Gasteiger partial charge in [0, 0.05) is 18.3 Å². The lowest BCUT2D eigenvalue weighted by Crippen LogP contribution is -2.38. The van der Waals surface area contributed by atoms with Gasteiger partial charge in [0.15, 0.2) is 0 Å². The molecule has 2 aromatic rings. The SMILES string of the molecule is CC(C)c1cc(C(C)C)n(CC2CCC(NC(=O)c3cc(C(F)(F)F)ccc3Cl)CC2)n1. The van der Waals surface area contributed by atoms with Crippen LogP contribution in [0.1, 0.15) is 92.5 Å². The number of carbonyl (C=O) groups excluding carboxylic acids is 1. The summed E-state index contributed by atoms with van der Waals surface area (Å²) in [6, 6.07) is 4.95. The first-order valence-corrected chi connectivity index (χ1v) is 11.6. The summed E-state index contributed by atoms with van der Waals surface area (Å²) < 4.78 is 41.1. The first-order chi connectivity index (χ1) is 15.0. The Kier molecular flexibility index (Phi) is 7.58. The van der Waals surface area contributed by atoms with E-state index in [1.807, 2.05) is 0 Å². The number of nitrogens with zero attached hydrogens (tertiary/aromatic N) is 2. The quantitative estimate of drug-likeness (QED) is 0.506. The third-order valence-corrected chi connectivity index (χ3v) is 6.49. The topological polar surface area (TPSA) is 46.9 Å². The van der Waals surface area contributed by atoms with Crippen molar-refractivity contribution >= 4 is 17.5 Å². The number of amides is 1. The van der Waals surface area contributed by atoms with E-state index in [0.29, 0.717) is 17.8 Å². The highest BCUT2D eigenvalue weighted by Gasteiger charge is 2.32. The summed E-state index contributed by atoms with van der Waals surface area (Å²) in [6.45, 7) is 9.47. The maximum Gasteiger partial charge on any atom is 0.416 e. The smallest absolute Gasteiger partial charge is 0.349 e. The van der Waals surface area contributed by atoms with Crippen LogP contribution in [0.25, 0.3) is 0 Å². The molecule has 4 nitrogen and oxygen atoms in total. The van der Waals surface area contributed by atoms with Crippen LogP contribution in [0, 0.1) is 5.92 Å².